The molecule has 0 aromatic heterocycles. The van der Waals surface area contributed by atoms with E-state index in [4.69, 9.17) is 14.5 Å². The summed E-state index contributed by atoms with van der Waals surface area (Å²) in [5.41, 5.74) is 0.344. The van der Waals surface area contributed by atoms with Crippen molar-refractivity contribution >= 4 is 27.6 Å². The number of hydrogen-bond donors (Lipinski definition) is 0. The van der Waals surface area contributed by atoms with Crippen molar-refractivity contribution in [3.63, 3.8) is 0 Å². The number of carbonyl (C=O) groups excluding carboxylic acids is 1. The van der Waals surface area contributed by atoms with Gasteiger partial charge in [0.05, 0.1) is 0 Å². The summed E-state index contributed by atoms with van der Waals surface area (Å²) in [6, 6.07) is 0. The Morgan fingerprint density at radius 1 is 1.45 bits per heavy atom. The molecule has 1 rings (SSSR count). The minimum atomic E-state index is -0.526. The first-order valence-corrected chi connectivity index (χ1v) is 9.65. The third-order valence-electron chi connectivity index (χ3n) is 2.99. The fraction of sp³-hybridized carbons (Fsp3) is 0.562. The maximum atomic E-state index is 11.3. The molecule has 2 unspecified atom stereocenters. The van der Waals surface area contributed by atoms with Crippen molar-refractivity contribution in [3.05, 3.63) is 37.1 Å². The monoisotopic (exact) mass is 344 g/mol. The summed E-state index contributed by atoms with van der Waals surface area (Å²) in [6.45, 7) is 12.6. The van der Waals surface area contributed by atoms with Crippen molar-refractivity contribution in [2.24, 2.45) is 0 Å². The van der Waals surface area contributed by atoms with Crippen molar-refractivity contribution in [2.75, 3.05) is 12.4 Å². The standard InChI is InChI=1S/C16H24O4S2/c1-5-14(11-18-16(17)12(2)3)20-19-13(4)7-6-8-15-9-10-21-22-15/h5,14-15H,1-2,4,6-11H2,3H3. The highest BCUT2D eigenvalue weighted by molar-refractivity contribution is 8.77. The molecule has 4 nitrogen and oxygen atoms in total. The summed E-state index contributed by atoms with van der Waals surface area (Å²) in [5, 5.41) is 0.751. The first-order chi connectivity index (χ1) is 10.5. The summed E-state index contributed by atoms with van der Waals surface area (Å²) in [5.74, 6) is 1.37. The van der Waals surface area contributed by atoms with Crippen LogP contribution in [0.3, 0.4) is 0 Å². The number of esters is 1. The molecule has 0 aromatic rings. The summed E-state index contributed by atoms with van der Waals surface area (Å²) in [7, 11) is 3.92. The Balaban J connectivity index is 2.13. The zero-order valence-corrected chi connectivity index (χ0v) is 14.7. The van der Waals surface area contributed by atoms with Crippen molar-refractivity contribution in [1.82, 2.24) is 0 Å². The molecule has 1 saturated heterocycles. The van der Waals surface area contributed by atoms with E-state index < -0.39 is 12.1 Å². The molecule has 1 fully saturated rings. The van der Waals surface area contributed by atoms with Crippen LogP contribution < -0.4 is 0 Å². The molecular weight excluding hydrogens is 320 g/mol. The second kappa shape index (κ2) is 10.8. The smallest absolute Gasteiger partial charge is 0.333 e. The van der Waals surface area contributed by atoms with E-state index in [0.717, 1.165) is 18.1 Å². The number of hydrogen-bond acceptors (Lipinski definition) is 6. The Labute approximate surface area is 140 Å². The van der Waals surface area contributed by atoms with E-state index in [0.29, 0.717) is 11.3 Å². The molecule has 1 aliphatic rings. The van der Waals surface area contributed by atoms with Crippen LogP contribution in [-0.4, -0.2) is 29.7 Å². The largest absolute Gasteiger partial charge is 0.459 e. The van der Waals surface area contributed by atoms with E-state index in [2.05, 4.69) is 19.7 Å². The van der Waals surface area contributed by atoms with Crippen LogP contribution in [0.25, 0.3) is 0 Å². The van der Waals surface area contributed by atoms with Crippen LogP contribution in [0.1, 0.15) is 32.6 Å². The summed E-state index contributed by atoms with van der Waals surface area (Å²) in [6.07, 6.45) is 5.24. The zero-order valence-electron chi connectivity index (χ0n) is 13.0. The van der Waals surface area contributed by atoms with Crippen LogP contribution in [0, 0.1) is 0 Å². The van der Waals surface area contributed by atoms with E-state index in [1.54, 1.807) is 6.92 Å². The van der Waals surface area contributed by atoms with Crippen LogP contribution in [0.2, 0.25) is 0 Å². The van der Waals surface area contributed by atoms with Crippen molar-refractivity contribution in [2.45, 2.75) is 44.0 Å². The molecule has 1 aliphatic heterocycles. The van der Waals surface area contributed by atoms with Crippen molar-refractivity contribution in [3.8, 4) is 0 Å². The lowest BCUT2D eigenvalue weighted by Gasteiger charge is -2.15. The maximum Gasteiger partial charge on any atom is 0.333 e. The number of allylic oxidation sites excluding steroid dienone is 1. The molecule has 0 spiro atoms. The minimum absolute atomic E-state index is 0.0401. The van der Waals surface area contributed by atoms with Gasteiger partial charge in [-0.25, -0.2) is 4.79 Å². The predicted octanol–water partition coefficient (Wildman–Crippen LogP) is 4.45. The summed E-state index contributed by atoms with van der Waals surface area (Å²) >= 11 is 0. The molecule has 1 heterocycles. The van der Waals surface area contributed by atoms with Gasteiger partial charge in [0.1, 0.15) is 12.4 Å². The number of carbonyl (C=O) groups is 1. The average molecular weight is 344 g/mol. The van der Waals surface area contributed by atoms with Gasteiger partial charge in [-0.1, -0.05) is 40.8 Å². The quantitative estimate of drug-likeness (QED) is 0.105. The van der Waals surface area contributed by atoms with Gasteiger partial charge in [-0.3, -0.25) is 0 Å². The highest BCUT2D eigenvalue weighted by Crippen LogP contribution is 2.40. The van der Waals surface area contributed by atoms with Crippen LogP contribution in [0.5, 0.6) is 0 Å². The predicted molar refractivity (Wildman–Crippen MR) is 93.4 cm³/mol. The van der Waals surface area contributed by atoms with Crippen LogP contribution >= 0.6 is 21.6 Å². The molecule has 0 aromatic carbocycles. The highest BCUT2D eigenvalue weighted by atomic mass is 33.1. The number of rotatable bonds is 11. The second-order valence-corrected chi connectivity index (χ2v) is 7.88. The molecule has 0 bridgehead atoms. The maximum absolute atomic E-state index is 11.3. The summed E-state index contributed by atoms with van der Waals surface area (Å²) in [4.78, 5) is 21.6. The lowest BCUT2D eigenvalue weighted by molar-refractivity contribution is -0.290. The lowest BCUT2D eigenvalue weighted by Crippen LogP contribution is -2.20. The highest BCUT2D eigenvalue weighted by Gasteiger charge is 2.16. The SMILES string of the molecule is C=CC(COC(=O)C(=C)C)OOC(=C)CCCC1CCSS1. The minimum Gasteiger partial charge on any atom is -0.459 e. The van der Waals surface area contributed by atoms with Gasteiger partial charge in [-0.05, 0) is 26.2 Å². The van der Waals surface area contributed by atoms with E-state index in [-0.39, 0.29) is 6.61 Å². The molecule has 0 aliphatic carbocycles. The molecule has 0 amide bonds. The Kier molecular flexibility index (Phi) is 9.43. The third kappa shape index (κ3) is 7.96. The molecule has 2 atom stereocenters. The second-order valence-electron chi connectivity index (χ2n) is 5.09. The molecule has 6 heteroatoms. The van der Waals surface area contributed by atoms with Gasteiger partial charge < -0.3 is 9.62 Å². The van der Waals surface area contributed by atoms with Crippen molar-refractivity contribution < 1.29 is 19.3 Å². The van der Waals surface area contributed by atoms with Gasteiger partial charge in [0.25, 0.3) is 0 Å². The molecule has 0 N–H and O–H groups in total. The van der Waals surface area contributed by atoms with E-state index in [1.165, 1.54) is 24.7 Å². The normalized spacial score (nSPS) is 18.5. The van der Waals surface area contributed by atoms with Gasteiger partial charge >= 0.3 is 5.97 Å². The Morgan fingerprint density at radius 2 is 2.23 bits per heavy atom. The molecule has 0 radical (unpaired) electrons. The van der Waals surface area contributed by atoms with Gasteiger partial charge in [-0.2, -0.15) is 4.89 Å². The van der Waals surface area contributed by atoms with Crippen LogP contribution in [0.4, 0.5) is 0 Å². The Bertz CT molecular complexity index is 403. The fourth-order valence-corrected chi connectivity index (χ4v) is 4.71. The van der Waals surface area contributed by atoms with Crippen LogP contribution in [-0.2, 0) is 19.3 Å². The van der Waals surface area contributed by atoms with Gasteiger partial charge in [0.15, 0.2) is 6.10 Å². The third-order valence-corrected chi connectivity index (χ3v) is 6.00. The fourth-order valence-electron chi connectivity index (χ4n) is 1.68. The van der Waals surface area contributed by atoms with Gasteiger partial charge in [-0.15, -0.1) is 6.58 Å². The van der Waals surface area contributed by atoms with Gasteiger partial charge in [0, 0.05) is 23.0 Å². The first kappa shape index (κ1) is 19.2. The molecule has 22 heavy (non-hydrogen) atoms. The lowest BCUT2D eigenvalue weighted by atomic mass is 10.1. The van der Waals surface area contributed by atoms with Crippen LogP contribution in [0.15, 0.2) is 37.1 Å². The first-order valence-electron chi connectivity index (χ1n) is 7.27. The molecular formula is C16H24O4S2. The zero-order chi connectivity index (χ0) is 16.4. The Hall–Kier alpha value is -0.850. The van der Waals surface area contributed by atoms with Crippen molar-refractivity contribution in [1.29, 1.82) is 0 Å². The van der Waals surface area contributed by atoms with E-state index >= 15 is 0 Å². The number of ether oxygens (including phenoxy) is 1. The Morgan fingerprint density at radius 3 is 2.82 bits per heavy atom. The average Bonchev–Trinajstić information content (AvgIpc) is 3.00. The van der Waals surface area contributed by atoms with E-state index in [9.17, 15) is 4.79 Å². The van der Waals surface area contributed by atoms with Gasteiger partial charge in [0.2, 0.25) is 0 Å². The van der Waals surface area contributed by atoms with E-state index in [1.807, 2.05) is 21.6 Å². The molecule has 124 valence electrons. The molecule has 0 saturated carbocycles. The topological polar surface area (TPSA) is 44.8 Å². The summed E-state index contributed by atoms with van der Waals surface area (Å²) < 4.78 is 4.99.